The number of para-hydroxylation sites is 1. The third kappa shape index (κ3) is 3.41. The summed E-state index contributed by atoms with van der Waals surface area (Å²) in [6.07, 6.45) is 0.891. The molecule has 106 valence electrons. The third-order valence-corrected chi connectivity index (χ3v) is 4.41. The van der Waals surface area contributed by atoms with Crippen molar-refractivity contribution < 1.29 is 0 Å². The minimum Gasteiger partial charge on any atom is -0.313 e. The molecule has 1 unspecified atom stereocenters. The van der Waals surface area contributed by atoms with Crippen LogP contribution in [0.4, 0.5) is 0 Å². The molecule has 3 rings (SSSR count). The van der Waals surface area contributed by atoms with Gasteiger partial charge in [0.1, 0.15) is 0 Å². The lowest BCUT2D eigenvalue weighted by molar-refractivity contribution is 0.585. The first-order valence-corrected chi connectivity index (χ1v) is 8.11. The number of fused-ring (bicyclic) bond motifs is 1. The minimum absolute atomic E-state index is 0.288. The highest BCUT2D eigenvalue weighted by molar-refractivity contribution is 14.1. The number of benzene rings is 2. The molecule has 0 saturated carbocycles. The molecule has 0 aliphatic heterocycles. The van der Waals surface area contributed by atoms with Crippen molar-refractivity contribution in [3.8, 4) is 0 Å². The van der Waals surface area contributed by atoms with Gasteiger partial charge in [-0.1, -0.05) is 36.4 Å². The molecule has 3 aromatic rings. The quantitative estimate of drug-likeness (QED) is 0.673. The van der Waals surface area contributed by atoms with E-state index in [0.29, 0.717) is 0 Å². The predicted molar refractivity (Wildman–Crippen MR) is 96.4 cm³/mol. The second-order valence-electron chi connectivity index (χ2n) is 5.09. The van der Waals surface area contributed by atoms with Crippen molar-refractivity contribution in [2.24, 2.45) is 0 Å². The Kier molecular flexibility index (Phi) is 4.51. The third-order valence-electron chi connectivity index (χ3n) is 3.69. The molecule has 21 heavy (non-hydrogen) atoms. The summed E-state index contributed by atoms with van der Waals surface area (Å²) >= 11 is 2.33. The number of pyridine rings is 1. The normalized spacial score (nSPS) is 12.5. The van der Waals surface area contributed by atoms with E-state index in [0.717, 1.165) is 17.6 Å². The second kappa shape index (κ2) is 6.54. The summed E-state index contributed by atoms with van der Waals surface area (Å²) in [5.41, 5.74) is 3.48. The first-order valence-electron chi connectivity index (χ1n) is 7.03. The lowest BCUT2D eigenvalue weighted by Gasteiger charge is -2.16. The lowest BCUT2D eigenvalue weighted by atomic mass is 10.0. The van der Waals surface area contributed by atoms with Gasteiger partial charge < -0.3 is 5.32 Å². The Labute approximate surface area is 138 Å². The number of halogens is 1. The van der Waals surface area contributed by atoms with Crippen LogP contribution in [-0.4, -0.2) is 12.0 Å². The summed E-state index contributed by atoms with van der Waals surface area (Å²) in [6.45, 7) is 0. The molecule has 1 aromatic heterocycles. The van der Waals surface area contributed by atoms with Crippen molar-refractivity contribution in [2.75, 3.05) is 7.05 Å². The predicted octanol–water partition coefficient (Wildman–Crippen LogP) is 4.34. The average Bonchev–Trinajstić information content (AvgIpc) is 2.53. The lowest BCUT2D eigenvalue weighted by Crippen LogP contribution is -2.19. The van der Waals surface area contributed by atoms with E-state index in [2.05, 4.69) is 76.4 Å². The Hall–Kier alpha value is -1.46. The van der Waals surface area contributed by atoms with Gasteiger partial charge in [-0.15, -0.1) is 0 Å². The molecule has 0 bridgehead atoms. The Bertz CT molecular complexity index is 738. The fraction of sp³-hybridized carbons (Fsp3) is 0.167. The molecule has 1 atom stereocenters. The monoisotopic (exact) mass is 388 g/mol. The van der Waals surface area contributed by atoms with Crippen LogP contribution in [-0.2, 0) is 6.42 Å². The number of aromatic nitrogens is 1. The van der Waals surface area contributed by atoms with Crippen molar-refractivity contribution in [1.29, 1.82) is 0 Å². The van der Waals surface area contributed by atoms with Crippen LogP contribution >= 0.6 is 22.6 Å². The van der Waals surface area contributed by atoms with Crippen LogP contribution < -0.4 is 5.32 Å². The van der Waals surface area contributed by atoms with Crippen LogP contribution in [0.25, 0.3) is 10.9 Å². The zero-order valence-electron chi connectivity index (χ0n) is 11.9. The van der Waals surface area contributed by atoms with Gasteiger partial charge in [0.2, 0.25) is 0 Å². The molecule has 2 nitrogen and oxygen atoms in total. The SMILES string of the molecule is CNC(Cc1ccc2ccccc2n1)c1ccc(I)cc1. The van der Waals surface area contributed by atoms with Gasteiger partial charge in [-0.25, -0.2) is 0 Å². The molecular weight excluding hydrogens is 371 g/mol. The molecule has 1 N–H and O–H groups in total. The molecule has 0 spiro atoms. The summed E-state index contributed by atoms with van der Waals surface area (Å²) in [6, 6.07) is 21.5. The largest absolute Gasteiger partial charge is 0.313 e. The maximum Gasteiger partial charge on any atom is 0.0705 e. The Morgan fingerprint density at radius 2 is 1.76 bits per heavy atom. The molecule has 0 aliphatic carbocycles. The highest BCUT2D eigenvalue weighted by Crippen LogP contribution is 2.20. The molecule has 1 heterocycles. The van der Waals surface area contributed by atoms with Crippen LogP contribution in [0.2, 0.25) is 0 Å². The summed E-state index contributed by atoms with van der Waals surface area (Å²) in [5, 5.41) is 4.58. The number of hydrogen-bond acceptors (Lipinski definition) is 2. The van der Waals surface area contributed by atoms with E-state index in [1.54, 1.807) is 0 Å². The molecular formula is C18H17IN2. The Balaban J connectivity index is 1.86. The van der Waals surface area contributed by atoms with E-state index in [1.165, 1.54) is 14.5 Å². The van der Waals surface area contributed by atoms with Gasteiger partial charge >= 0.3 is 0 Å². The van der Waals surface area contributed by atoms with Crippen molar-refractivity contribution in [2.45, 2.75) is 12.5 Å². The van der Waals surface area contributed by atoms with E-state index in [9.17, 15) is 0 Å². The number of nitrogens with zero attached hydrogens (tertiary/aromatic N) is 1. The smallest absolute Gasteiger partial charge is 0.0705 e. The zero-order valence-corrected chi connectivity index (χ0v) is 14.0. The van der Waals surface area contributed by atoms with Crippen LogP contribution in [0.5, 0.6) is 0 Å². The fourth-order valence-corrected chi connectivity index (χ4v) is 2.87. The minimum atomic E-state index is 0.288. The van der Waals surface area contributed by atoms with Crippen molar-refractivity contribution in [1.82, 2.24) is 10.3 Å². The standard InChI is InChI=1S/C18H17IN2/c1-20-18(14-6-9-15(19)10-7-14)12-16-11-8-13-4-2-3-5-17(13)21-16/h2-11,18,20H,12H2,1H3. The maximum atomic E-state index is 4.76. The molecule has 0 fully saturated rings. The van der Waals surface area contributed by atoms with Crippen LogP contribution in [0.1, 0.15) is 17.3 Å². The molecule has 2 aromatic carbocycles. The van der Waals surface area contributed by atoms with E-state index in [4.69, 9.17) is 4.98 Å². The van der Waals surface area contributed by atoms with Gasteiger partial charge in [0.05, 0.1) is 5.52 Å². The average molecular weight is 388 g/mol. The molecule has 0 amide bonds. The Morgan fingerprint density at radius 1 is 1.00 bits per heavy atom. The second-order valence-corrected chi connectivity index (χ2v) is 6.34. The number of rotatable bonds is 4. The number of hydrogen-bond donors (Lipinski definition) is 1. The first kappa shape index (κ1) is 14.5. The van der Waals surface area contributed by atoms with E-state index in [1.807, 2.05) is 19.2 Å². The molecule has 0 aliphatic rings. The topological polar surface area (TPSA) is 24.9 Å². The summed E-state index contributed by atoms with van der Waals surface area (Å²) in [4.78, 5) is 4.76. The molecule has 3 heteroatoms. The van der Waals surface area contributed by atoms with Crippen LogP contribution in [0.15, 0.2) is 60.7 Å². The maximum absolute atomic E-state index is 4.76. The van der Waals surface area contributed by atoms with Gasteiger partial charge in [-0.2, -0.15) is 0 Å². The van der Waals surface area contributed by atoms with E-state index in [-0.39, 0.29) is 6.04 Å². The van der Waals surface area contributed by atoms with Gasteiger partial charge in [-0.3, -0.25) is 4.98 Å². The van der Waals surface area contributed by atoms with E-state index >= 15 is 0 Å². The van der Waals surface area contributed by atoms with Crippen molar-refractivity contribution in [3.05, 3.63) is 75.5 Å². The molecule has 0 saturated heterocycles. The highest BCUT2D eigenvalue weighted by atomic mass is 127. The summed E-state index contributed by atoms with van der Waals surface area (Å²) in [7, 11) is 2.00. The van der Waals surface area contributed by atoms with E-state index < -0.39 is 0 Å². The fourth-order valence-electron chi connectivity index (χ4n) is 2.51. The van der Waals surface area contributed by atoms with Gasteiger partial charge in [0.25, 0.3) is 0 Å². The molecule has 0 radical (unpaired) electrons. The van der Waals surface area contributed by atoms with Crippen LogP contribution in [0, 0.1) is 3.57 Å². The summed E-state index contributed by atoms with van der Waals surface area (Å²) in [5.74, 6) is 0. The Morgan fingerprint density at radius 3 is 2.52 bits per heavy atom. The van der Waals surface area contributed by atoms with Gasteiger partial charge in [0, 0.05) is 27.1 Å². The van der Waals surface area contributed by atoms with Gasteiger partial charge in [0.15, 0.2) is 0 Å². The zero-order chi connectivity index (χ0) is 14.7. The van der Waals surface area contributed by atoms with Gasteiger partial charge in [-0.05, 0) is 59.5 Å². The first-order chi connectivity index (χ1) is 10.3. The highest BCUT2D eigenvalue weighted by Gasteiger charge is 2.11. The van der Waals surface area contributed by atoms with Crippen molar-refractivity contribution in [3.63, 3.8) is 0 Å². The van der Waals surface area contributed by atoms with Crippen molar-refractivity contribution >= 4 is 33.5 Å². The number of nitrogens with one attached hydrogen (secondary N) is 1. The summed E-state index contributed by atoms with van der Waals surface area (Å²) < 4.78 is 1.26. The number of likely N-dealkylation sites (N-methyl/N-ethyl adjacent to an activating group) is 1. The van der Waals surface area contributed by atoms with Crippen LogP contribution in [0.3, 0.4) is 0 Å².